The Morgan fingerprint density at radius 2 is 1.93 bits per heavy atom. The fourth-order valence-electron chi connectivity index (χ4n) is 5.63. The molecule has 2 unspecified atom stereocenters. The van der Waals surface area contributed by atoms with Crippen LogP contribution in [0.15, 0.2) is 82.4 Å². The van der Waals surface area contributed by atoms with Crippen LogP contribution in [0.2, 0.25) is 0 Å². The number of aromatic nitrogens is 5. The highest BCUT2D eigenvalue weighted by atomic mass is 32.2. The van der Waals surface area contributed by atoms with Gasteiger partial charge in [0.25, 0.3) is 5.56 Å². The topological polar surface area (TPSA) is 140 Å². The van der Waals surface area contributed by atoms with Gasteiger partial charge < -0.3 is 10.2 Å². The highest BCUT2D eigenvalue weighted by Gasteiger charge is 2.55. The van der Waals surface area contributed by atoms with Crippen molar-refractivity contribution in [3.05, 3.63) is 94.5 Å². The zero-order chi connectivity index (χ0) is 29.6. The largest absolute Gasteiger partial charge is 0.368 e. The maximum absolute atomic E-state index is 13.9. The molecule has 218 valence electrons. The van der Waals surface area contributed by atoms with Gasteiger partial charge in [-0.15, -0.1) is 5.10 Å². The molecule has 42 heavy (non-hydrogen) atoms. The van der Waals surface area contributed by atoms with Crippen molar-refractivity contribution in [3.63, 3.8) is 0 Å². The van der Waals surface area contributed by atoms with Crippen molar-refractivity contribution in [2.24, 2.45) is 5.92 Å². The number of hydrogen-bond acceptors (Lipinski definition) is 8. The van der Waals surface area contributed by atoms with Gasteiger partial charge in [-0.2, -0.15) is 0 Å². The molecule has 2 aliphatic carbocycles. The first-order chi connectivity index (χ1) is 20.0. The van der Waals surface area contributed by atoms with Gasteiger partial charge in [0.2, 0.25) is 0 Å². The molecule has 6 rings (SSSR count). The number of aliphatic hydroxyl groups is 2. The van der Waals surface area contributed by atoms with Gasteiger partial charge in [0.15, 0.2) is 16.1 Å². The number of fused-ring (bicyclic) bond motifs is 2. The van der Waals surface area contributed by atoms with E-state index in [0.29, 0.717) is 54.6 Å². The number of sulfone groups is 1. The maximum atomic E-state index is 13.9. The van der Waals surface area contributed by atoms with Crippen LogP contribution in [0.1, 0.15) is 37.1 Å². The van der Waals surface area contributed by atoms with Crippen LogP contribution in [0.3, 0.4) is 0 Å². The summed E-state index contributed by atoms with van der Waals surface area (Å²) in [6.45, 7) is 0.395. The minimum Gasteiger partial charge on any atom is -0.368 e. The Morgan fingerprint density at radius 1 is 1.14 bits per heavy atom. The monoisotopic (exact) mass is 591 g/mol. The van der Waals surface area contributed by atoms with Crippen molar-refractivity contribution < 1.29 is 23.0 Å². The molecule has 2 N–H and O–H groups in total. The summed E-state index contributed by atoms with van der Waals surface area (Å²) in [5.74, 6) is 0.146. The van der Waals surface area contributed by atoms with E-state index >= 15 is 0 Å². The van der Waals surface area contributed by atoms with E-state index in [-0.39, 0.29) is 28.6 Å². The average molecular weight is 592 g/mol. The van der Waals surface area contributed by atoms with Crippen molar-refractivity contribution in [2.75, 3.05) is 6.26 Å². The van der Waals surface area contributed by atoms with Crippen LogP contribution in [-0.2, 0) is 28.3 Å². The number of benzene rings is 2. The number of halogens is 1. The second-order valence-corrected chi connectivity index (χ2v) is 13.0. The molecule has 0 bridgehead atoms. The Kier molecular flexibility index (Phi) is 7.16. The lowest BCUT2D eigenvalue weighted by Gasteiger charge is -2.23. The first-order valence-corrected chi connectivity index (χ1v) is 15.6. The second kappa shape index (κ2) is 10.7. The summed E-state index contributed by atoms with van der Waals surface area (Å²) in [6.07, 6.45) is 8.69. The molecular formula is C30H30FN5O5S. The lowest BCUT2D eigenvalue weighted by molar-refractivity contribution is -0.0465. The molecule has 0 aliphatic heterocycles. The minimum absolute atomic E-state index is 0.116. The van der Waals surface area contributed by atoms with Gasteiger partial charge in [-0.1, -0.05) is 29.5 Å². The molecule has 0 spiro atoms. The predicted molar refractivity (Wildman–Crippen MR) is 154 cm³/mol. The summed E-state index contributed by atoms with van der Waals surface area (Å²) in [4.78, 5) is 19.0. The number of hydrogen-bond donors (Lipinski definition) is 2. The van der Waals surface area contributed by atoms with Crippen molar-refractivity contribution in [2.45, 2.75) is 55.4 Å². The van der Waals surface area contributed by atoms with E-state index in [9.17, 15) is 27.8 Å². The molecule has 12 heteroatoms. The van der Waals surface area contributed by atoms with Crippen LogP contribution in [0.5, 0.6) is 0 Å². The van der Waals surface area contributed by atoms with Gasteiger partial charge >= 0.3 is 0 Å². The lowest BCUT2D eigenvalue weighted by Crippen LogP contribution is -2.35. The first kappa shape index (κ1) is 28.1. The minimum atomic E-state index is -3.28. The number of nitrogens with zero attached hydrogens (tertiary/aromatic N) is 5. The van der Waals surface area contributed by atoms with E-state index in [1.165, 1.54) is 12.3 Å². The maximum Gasteiger partial charge on any atom is 0.262 e. The predicted octanol–water partition coefficient (Wildman–Crippen LogP) is 3.27. The molecule has 2 heterocycles. The Hall–Kier alpha value is -4.00. The Morgan fingerprint density at radius 3 is 2.64 bits per heavy atom. The molecule has 2 aromatic carbocycles. The average Bonchev–Trinajstić information content (AvgIpc) is 3.47. The van der Waals surface area contributed by atoms with Gasteiger partial charge in [0.05, 0.1) is 34.1 Å². The van der Waals surface area contributed by atoms with E-state index in [1.54, 1.807) is 70.1 Å². The highest BCUT2D eigenvalue weighted by molar-refractivity contribution is 7.90. The fourth-order valence-corrected chi connectivity index (χ4v) is 6.26. The SMILES string of the molecule is CS(=O)(=O)c1ccc(Cn2cc(-c3ccc4c(=O)n(C56C=CC(F)=CC5C6)c(CCCCC(O)O)nc4c3)nn2)cc1. The molecular weight excluding hydrogens is 561 g/mol. The van der Waals surface area contributed by atoms with Crippen LogP contribution < -0.4 is 5.56 Å². The summed E-state index contributed by atoms with van der Waals surface area (Å²) in [6, 6.07) is 11.9. The molecule has 0 radical (unpaired) electrons. The van der Waals surface area contributed by atoms with Gasteiger partial charge in [0, 0.05) is 24.2 Å². The Bertz CT molecular complexity index is 1900. The first-order valence-electron chi connectivity index (χ1n) is 13.7. The number of aliphatic hydroxyl groups excluding tert-OH is 1. The van der Waals surface area contributed by atoms with Gasteiger partial charge in [0.1, 0.15) is 17.3 Å². The molecule has 0 amide bonds. The van der Waals surface area contributed by atoms with Crippen LogP contribution in [0.25, 0.3) is 22.2 Å². The summed E-state index contributed by atoms with van der Waals surface area (Å²) in [5.41, 5.74) is 1.85. The molecule has 4 aromatic rings. The Balaban J connectivity index is 1.31. The molecule has 2 atom stereocenters. The fraction of sp³-hybridized carbons (Fsp3) is 0.333. The van der Waals surface area contributed by atoms with Crippen molar-refractivity contribution in [1.82, 2.24) is 24.5 Å². The van der Waals surface area contributed by atoms with Crippen molar-refractivity contribution >= 4 is 20.7 Å². The van der Waals surface area contributed by atoms with Crippen LogP contribution in [-0.4, -0.2) is 55.7 Å². The third-order valence-corrected chi connectivity index (χ3v) is 9.05. The Labute approximate surface area is 241 Å². The number of allylic oxidation sites excluding steroid dienone is 4. The number of rotatable bonds is 10. The van der Waals surface area contributed by atoms with Crippen molar-refractivity contribution in [1.29, 1.82) is 0 Å². The third-order valence-electron chi connectivity index (χ3n) is 7.92. The molecule has 10 nitrogen and oxygen atoms in total. The third kappa shape index (κ3) is 5.44. The van der Waals surface area contributed by atoms with E-state index in [4.69, 9.17) is 4.98 Å². The summed E-state index contributed by atoms with van der Waals surface area (Å²) < 4.78 is 40.7. The lowest BCUT2D eigenvalue weighted by atomic mass is 10.0. The van der Waals surface area contributed by atoms with E-state index in [1.807, 2.05) is 0 Å². The highest BCUT2D eigenvalue weighted by Crippen LogP contribution is 2.55. The number of unbranched alkanes of at least 4 members (excludes halogenated alkanes) is 1. The van der Waals surface area contributed by atoms with Crippen LogP contribution >= 0.6 is 0 Å². The summed E-state index contributed by atoms with van der Waals surface area (Å²) in [5, 5.41) is 27.4. The normalized spacial score (nSPS) is 19.7. The standard InChI is InChI=1S/C30H30FN5O5S/c1-42(40,41)23-9-6-19(7-10-23)17-35-18-26(33-34-35)20-8-11-24-25(14-20)32-27(4-2-3-5-28(37)38)36(29(24)39)30-13-12-22(31)15-21(30)16-30/h6-15,18,21,28,37-38H,2-5,16-17H2,1H3. The number of aryl methyl sites for hydroxylation is 1. The molecule has 2 aromatic heterocycles. The molecule has 1 saturated carbocycles. The molecule has 2 aliphatic rings. The van der Waals surface area contributed by atoms with Gasteiger partial charge in [-0.05, 0) is 67.7 Å². The second-order valence-electron chi connectivity index (χ2n) is 11.0. The zero-order valence-corrected chi connectivity index (χ0v) is 23.7. The van der Waals surface area contributed by atoms with Gasteiger partial charge in [-0.3, -0.25) is 9.36 Å². The quantitative estimate of drug-likeness (QED) is 0.212. The van der Waals surface area contributed by atoms with E-state index < -0.39 is 21.7 Å². The van der Waals surface area contributed by atoms with E-state index in [0.717, 1.165) is 11.1 Å². The molecule has 1 fully saturated rings. The van der Waals surface area contributed by atoms with Crippen molar-refractivity contribution in [3.8, 4) is 11.3 Å². The zero-order valence-electron chi connectivity index (χ0n) is 22.9. The van der Waals surface area contributed by atoms with Gasteiger partial charge in [-0.25, -0.2) is 22.5 Å². The summed E-state index contributed by atoms with van der Waals surface area (Å²) >= 11 is 0. The van der Waals surface area contributed by atoms with Crippen LogP contribution in [0, 0.1) is 5.92 Å². The van der Waals surface area contributed by atoms with Crippen LogP contribution in [0.4, 0.5) is 4.39 Å². The van der Waals surface area contributed by atoms with E-state index in [2.05, 4.69) is 10.3 Å². The smallest absolute Gasteiger partial charge is 0.262 e. The summed E-state index contributed by atoms with van der Waals surface area (Å²) in [7, 11) is -3.28. The molecule has 0 saturated heterocycles.